The third kappa shape index (κ3) is 3.99. The average molecular weight is 417 g/mol. The number of anilines is 1. The van der Waals surface area contributed by atoms with E-state index >= 15 is 0 Å². The number of H-pyrrole nitrogens is 1. The van der Waals surface area contributed by atoms with Crippen LogP contribution in [0.5, 0.6) is 0 Å². The third-order valence-electron chi connectivity index (χ3n) is 6.46. The summed E-state index contributed by atoms with van der Waals surface area (Å²) in [5.41, 5.74) is 10.4. The molecular formula is C25H28N4S. The maximum Gasteiger partial charge on any atom is 0.191 e. The van der Waals surface area contributed by atoms with Gasteiger partial charge in [0.05, 0.1) is 11.4 Å². The molecule has 1 aromatic heterocycles. The number of nitrogens with zero attached hydrogens (tertiary/aromatic N) is 1. The van der Waals surface area contributed by atoms with Crippen LogP contribution in [0.3, 0.4) is 0 Å². The molecule has 3 aromatic rings. The summed E-state index contributed by atoms with van der Waals surface area (Å²) in [4.78, 5) is 3.64. The van der Waals surface area contributed by atoms with E-state index in [9.17, 15) is 0 Å². The van der Waals surface area contributed by atoms with Crippen molar-refractivity contribution in [3.05, 3.63) is 65.4 Å². The number of benzene rings is 2. The zero-order chi connectivity index (χ0) is 20.3. The summed E-state index contributed by atoms with van der Waals surface area (Å²) >= 11 is 5.42. The topological polar surface area (TPSA) is 52.2 Å². The second kappa shape index (κ2) is 8.60. The second-order valence-electron chi connectivity index (χ2n) is 8.46. The number of aryl methyl sites for hydroxylation is 1. The lowest BCUT2D eigenvalue weighted by molar-refractivity contribution is 0.444. The molecule has 30 heavy (non-hydrogen) atoms. The molecule has 0 aliphatic heterocycles. The van der Waals surface area contributed by atoms with Crippen LogP contribution in [0.25, 0.3) is 10.9 Å². The lowest BCUT2D eigenvalue weighted by Gasteiger charge is -2.22. The molecule has 2 aromatic carbocycles. The van der Waals surface area contributed by atoms with E-state index in [0.29, 0.717) is 5.11 Å². The van der Waals surface area contributed by atoms with E-state index in [4.69, 9.17) is 12.2 Å². The zero-order valence-electron chi connectivity index (χ0n) is 17.2. The highest BCUT2D eigenvalue weighted by atomic mass is 32.1. The molecule has 4 nitrogen and oxygen atoms in total. The Balaban J connectivity index is 1.38. The molecule has 0 amide bonds. The maximum absolute atomic E-state index is 5.42. The van der Waals surface area contributed by atoms with E-state index < -0.39 is 0 Å². The SMILES string of the molecule is S=C(N/N=C1\CCCc2c1[nH]c1ccc(C3CCCCC3)cc21)Nc1ccccc1. The van der Waals surface area contributed by atoms with Gasteiger partial charge in [-0.3, -0.25) is 5.43 Å². The first-order chi connectivity index (χ1) is 14.8. The summed E-state index contributed by atoms with van der Waals surface area (Å²) in [6, 6.07) is 17.0. The maximum atomic E-state index is 5.42. The zero-order valence-corrected chi connectivity index (χ0v) is 18.0. The fourth-order valence-electron chi connectivity index (χ4n) is 4.93. The molecule has 1 saturated carbocycles. The number of aromatic amines is 1. The van der Waals surface area contributed by atoms with Gasteiger partial charge in [-0.05, 0) is 85.6 Å². The molecule has 3 N–H and O–H groups in total. The minimum absolute atomic E-state index is 0.511. The number of hydrazone groups is 1. The van der Waals surface area contributed by atoms with Crippen molar-refractivity contribution in [2.75, 3.05) is 5.32 Å². The van der Waals surface area contributed by atoms with E-state index in [0.717, 1.165) is 36.6 Å². The molecule has 1 fully saturated rings. The highest BCUT2D eigenvalue weighted by Crippen LogP contribution is 2.36. The van der Waals surface area contributed by atoms with Gasteiger partial charge in [-0.2, -0.15) is 5.10 Å². The van der Waals surface area contributed by atoms with Gasteiger partial charge in [0.15, 0.2) is 5.11 Å². The van der Waals surface area contributed by atoms with Crippen molar-refractivity contribution >= 4 is 39.6 Å². The summed E-state index contributed by atoms with van der Waals surface area (Å²) in [5, 5.41) is 9.73. The molecular weight excluding hydrogens is 388 g/mol. The lowest BCUT2D eigenvalue weighted by Crippen LogP contribution is -2.26. The van der Waals surface area contributed by atoms with Crippen molar-refractivity contribution in [1.29, 1.82) is 0 Å². The normalized spacial score (nSPS) is 18.3. The highest BCUT2D eigenvalue weighted by Gasteiger charge is 2.22. The Hall–Kier alpha value is -2.66. The van der Waals surface area contributed by atoms with Gasteiger partial charge in [-0.25, -0.2) is 0 Å². The predicted octanol–water partition coefficient (Wildman–Crippen LogP) is 6.24. The third-order valence-corrected chi connectivity index (χ3v) is 6.65. The monoisotopic (exact) mass is 416 g/mol. The molecule has 5 rings (SSSR count). The Bertz CT molecular complexity index is 1080. The number of hydrogen-bond acceptors (Lipinski definition) is 2. The number of para-hydroxylation sites is 1. The van der Waals surface area contributed by atoms with Gasteiger partial charge in [-0.1, -0.05) is 43.5 Å². The van der Waals surface area contributed by atoms with E-state index in [1.807, 2.05) is 30.3 Å². The van der Waals surface area contributed by atoms with Crippen molar-refractivity contribution in [1.82, 2.24) is 10.4 Å². The first-order valence-corrected chi connectivity index (χ1v) is 11.5. The van der Waals surface area contributed by atoms with Crippen LogP contribution in [0.2, 0.25) is 0 Å². The molecule has 2 aliphatic carbocycles. The van der Waals surface area contributed by atoms with Crippen LogP contribution in [-0.4, -0.2) is 15.8 Å². The van der Waals surface area contributed by atoms with Crippen LogP contribution in [0, 0.1) is 0 Å². The standard InChI is InChI=1S/C25H28N4S/c30-25(26-19-10-5-2-6-11-19)29-28-23-13-7-12-20-21-16-18(17-8-3-1-4-9-17)14-15-22(21)27-24(20)23/h2,5-6,10-11,14-17,27H,1,3-4,7-9,12-13H2,(H2,26,29,30)/b28-23+. The summed E-state index contributed by atoms with van der Waals surface area (Å²) in [7, 11) is 0. The Kier molecular flexibility index (Phi) is 5.54. The van der Waals surface area contributed by atoms with Crippen molar-refractivity contribution < 1.29 is 0 Å². The van der Waals surface area contributed by atoms with E-state index in [2.05, 4.69) is 39.0 Å². The predicted molar refractivity (Wildman–Crippen MR) is 129 cm³/mol. The number of nitrogens with one attached hydrogen (secondary N) is 3. The molecule has 5 heteroatoms. The van der Waals surface area contributed by atoms with Crippen molar-refractivity contribution in [3.63, 3.8) is 0 Å². The first-order valence-electron chi connectivity index (χ1n) is 11.1. The van der Waals surface area contributed by atoms with Crippen LogP contribution in [-0.2, 0) is 6.42 Å². The summed E-state index contributed by atoms with van der Waals surface area (Å²) in [6.45, 7) is 0. The largest absolute Gasteiger partial charge is 0.353 e. The Morgan fingerprint density at radius 1 is 0.967 bits per heavy atom. The van der Waals surface area contributed by atoms with Gasteiger partial charge in [0.25, 0.3) is 0 Å². The molecule has 0 bridgehead atoms. The molecule has 2 aliphatic rings. The number of fused-ring (bicyclic) bond motifs is 3. The van der Waals surface area contributed by atoms with E-state index in [1.54, 1.807) is 0 Å². The number of rotatable bonds is 3. The van der Waals surface area contributed by atoms with Crippen molar-refractivity contribution in [3.8, 4) is 0 Å². The van der Waals surface area contributed by atoms with E-state index in [1.165, 1.54) is 59.8 Å². The highest BCUT2D eigenvalue weighted by molar-refractivity contribution is 7.80. The van der Waals surface area contributed by atoms with Crippen LogP contribution in [0.15, 0.2) is 53.6 Å². The van der Waals surface area contributed by atoms with Crippen molar-refractivity contribution in [2.24, 2.45) is 5.10 Å². The Labute approximate surface area is 183 Å². The molecule has 1 heterocycles. The van der Waals surface area contributed by atoms with Gasteiger partial charge >= 0.3 is 0 Å². The Morgan fingerprint density at radius 2 is 1.80 bits per heavy atom. The fraction of sp³-hybridized carbons (Fsp3) is 0.360. The van der Waals surface area contributed by atoms with Crippen LogP contribution in [0.4, 0.5) is 5.69 Å². The van der Waals surface area contributed by atoms with Gasteiger partial charge in [0.1, 0.15) is 0 Å². The molecule has 0 spiro atoms. The number of aromatic nitrogens is 1. The second-order valence-corrected chi connectivity index (χ2v) is 8.87. The number of hydrogen-bond donors (Lipinski definition) is 3. The smallest absolute Gasteiger partial charge is 0.191 e. The average Bonchev–Trinajstić information content (AvgIpc) is 3.17. The molecule has 154 valence electrons. The van der Waals surface area contributed by atoms with Crippen molar-refractivity contribution in [2.45, 2.75) is 57.3 Å². The molecule has 0 saturated heterocycles. The minimum atomic E-state index is 0.511. The first kappa shape index (κ1) is 19.3. The van der Waals surface area contributed by atoms with Gasteiger partial charge in [-0.15, -0.1) is 0 Å². The van der Waals surface area contributed by atoms with Crippen LogP contribution in [0.1, 0.15) is 67.7 Å². The lowest BCUT2D eigenvalue weighted by atomic mass is 9.83. The van der Waals surface area contributed by atoms with Gasteiger partial charge in [0, 0.05) is 16.6 Å². The number of thiocarbonyl (C=S) groups is 1. The van der Waals surface area contributed by atoms with Gasteiger partial charge < -0.3 is 10.3 Å². The quantitative estimate of drug-likeness (QED) is 0.350. The van der Waals surface area contributed by atoms with Crippen LogP contribution < -0.4 is 10.7 Å². The van der Waals surface area contributed by atoms with Crippen LogP contribution >= 0.6 is 12.2 Å². The summed E-state index contributed by atoms with van der Waals surface area (Å²) in [6.07, 6.45) is 9.98. The van der Waals surface area contributed by atoms with Gasteiger partial charge in [0.2, 0.25) is 0 Å². The summed E-state index contributed by atoms with van der Waals surface area (Å²) < 4.78 is 0. The molecule has 0 radical (unpaired) electrons. The fourth-order valence-corrected chi connectivity index (χ4v) is 5.09. The Morgan fingerprint density at radius 3 is 2.63 bits per heavy atom. The minimum Gasteiger partial charge on any atom is -0.353 e. The van der Waals surface area contributed by atoms with E-state index in [-0.39, 0.29) is 0 Å². The molecule has 0 unspecified atom stereocenters. The molecule has 0 atom stereocenters. The summed E-state index contributed by atoms with van der Waals surface area (Å²) in [5.74, 6) is 0.730.